The molecule has 2 N–H and O–H groups in total. The molecule has 1 aromatic carbocycles. The molecule has 1 atom stereocenters. The van der Waals surface area contributed by atoms with Gasteiger partial charge in [0.15, 0.2) is 0 Å². The second-order valence-corrected chi connectivity index (χ2v) is 4.32. The van der Waals surface area contributed by atoms with Crippen molar-refractivity contribution in [3.05, 3.63) is 30.0 Å². The minimum Gasteiger partial charge on any atom is -0.497 e. The van der Waals surface area contributed by atoms with Gasteiger partial charge >= 0.3 is 0 Å². The number of methoxy groups -OCH3 is 1. The molecule has 0 aliphatic carbocycles. The summed E-state index contributed by atoms with van der Waals surface area (Å²) in [6, 6.07) is 6.30. The molecule has 0 fully saturated rings. The number of fused-ring (bicyclic) bond motifs is 1. The van der Waals surface area contributed by atoms with E-state index in [1.54, 1.807) is 7.11 Å². The molecule has 1 heterocycles. The predicted molar refractivity (Wildman–Crippen MR) is 66.9 cm³/mol. The summed E-state index contributed by atoms with van der Waals surface area (Å²) in [5, 5.41) is 1.27. The number of aryl methyl sites for hydroxylation is 1. The van der Waals surface area contributed by atoms with Gasteiger partial charge in [-0.3, -0.25) is 0 Å². The Morgan fingerprint density at radius 3 is 2.81 bits per heavy atom. The maximum absolute atomic E-state index is 5.84. The predicted octanol–water partition coefficient (Wildman–Crippen LogP) is 2.31. The molecule has 3 nitrogen and oxygen atoms in total. The fourth-order valence-electron chi connectivity index (χ4n) is 2.04. The van der Waals surface area contributed by atoms with E-state index in [0.29, 0.717) is 0 Å². The van der Waals surface area contributed by atoms with E-state index in [1.807, 2.05) is 13.0 Å². The monoisotopic (exact) mass is 218 g/mol. The largest absolute Gasteiger partial charge is 0.497 e. The molecular weight excluding hydrogens is 200 g/mol. The second-order valence-electron chi connectivity index (χ2n) is 4.32. The van der Waals surface area contributed by atoms with E-state index >= 15 is 0 Å². The highest BCUT2D eigenvalue weighted by Gasteiger charge is 2.07. The molecule has 2 rings (SSSR count). The molecule has 0 saturated carbocycles. The number of nitrogens with zero attached hydrogens (tertiary/aromatic N) is 1. The summed E-state index contributed by atoms with van der Waals surface area (Å²) in [5.74, 6) is 0.886. The van der Waals surface area contributed by atoms with E-state index in [-0.39, 0.29) is 6.04 Å². The van der Waals surface area contributed by atoms with Crippen molar-refractivity contribution in [2.24, 2.45) is 5.73 Å². The van der Waals surface area contributed by atoms with Crippen molar-refractivity contribution in [3.63, 3.8) is 0 Å². The van der Waals surface area contributed by atoms with Gasteiger partial charge in [0.2, 0.25) is 0 Å². The lowest BCUT2D eigenvalue weighted by Gasteiger charge is -2.09. The molecule has 0 bridgehead atoms. The van der Waals surface area contributed by atoms with Crippen LogP contribution < -0.4 is 10.5 Å². The number of benzene rings is 1. The maximum Gasteiger partial charge on any atom is 0.120 e. The molecule has 0 amide bonds. The fourth-order valence-corrected chi connectivity index (χ4v) is 2.04. The van der Waals surface area contributed by atoms with Crippen LogP contribution >= 0.6 is 0 Å². The van der Waals surface area contributed by atoms with Crippen LogP contribution in [-0.2, 0) is 6.54 Å². The summed E-state index contributed by atoms with van der Waals surface area (Å²) < 4.78 is 7.44. The lowest BCUT2D eigenvalue weighted by atomic mass is 10.2. The minimum atomic E-state index is 0.154. The number of ether oxygens (including phenoxy) is 1. The molecular formula is C13H18N2O. The third kappa shape index (κ3) is 1.91. The lowest BCUT2D eigenvalue weighted by molar-refractivity contribution is 0.415. The molecule has 2 aromatic rings. The first kappa shape index (κ1) is 11.0. The van der Waals surface area contributed by atoms with Crippen LogP contribution in [0.3, 0.4) is 0 Å². The Bertz CT molecular complexity index is 500. The van der Waals surface area contributed by atoms with Gasteiger partial charge in [-0.25, -0.2) is 0 Å². The fraction of sp³-hybridized carbons (Fsp3) is 0.385. The normalized spacial score (nSPS) is 13.0. The lowest BCUT2D eigenvalue weighted by Crippen LogP contribution is -2.21. The van der Waals surface area contributed by atoms with Crippen molar-refractivity contribution >= 4 is 10.9 Å². The Labute approximate surface area is 95.8 Å². The number of rotatable bonds is 3. The highest BCUT2D eigenvalue weighted by Crippen LogP contribution is 2.25. The standard InChI is InChI=1S/C13H18N2O/c1-9-7-15(8-10(2)14)13-6-11(16-3)4-5-12(9)13/h4-7,10H,8,14H2,1-3H3/t10-/m0/s1. The number of aromatic nitrogens is 1. The zero-order valence-electron chi connectivity index (χ0n) is 10.0. The molecule has 0 saturated heterocycles. The van der Waals surface area contributed by atoms with Gasteiger partial charge in [-0.15, -0.1) is 0 Å². The minimum absolute atomic E-state index is 0.154. The van der Waals surface area contributed by atoms with Gasteiger partial charge in [0.05, 0.1) is 12.6 Å². The molecule has 86 valence electrons. The molecule has 0 spiro atoms. The molecule has 0 aliphatic rings. The SMILES string of the molecule is COc1ccc2c(C)cn(C[C@H](C)N)c2c1. The van der Waals surface area contributed by atoms with Crippen molar-refractivity contribution in [2.45, 2.75) is 26.4 Å². The average molecular weight is 218 g/mol. The Balaban J connectivity index is 2.56. The molecule has 0 unspecified atom stereocenters. The number of nitrogens with two attached hydrogens (primary N) is 1. The highest BCUT2D eigenvalue weighted by molar-refractivity contribution is 5.85. The van der Waals surface area contributed by atoms with Crippen LogP contribution in [0.15, 0.2) is 24.4 Å². The van der Waals surface area contributed by atoms with Crippen molar-refractivity contribution in [1.82, 2.24) is 4.57 Å². The van der Waals surface area contributed by atoms with Crippen LogP contribution in [-0.4, -0.2) is 17.7 Å². The van der Waals surface area contributed by atoms with Gasteiger partial charge in [-0.05, 0) is 31.5 Å². The summed E-state index contributed by atoms with van der Waals surface area (Å²) in [7, 11) is 1.69. The molecule has 0 radical (unpaired) electrons. The highest BCUT2D eigenvalue weighted by atomic mass is 16.5. The first-order valence-corrected chi connectivity index (χ1v) is 5.51. The number of hydrogen-bond donors (Lipinski definition) is 1. The first-order chi connectivity index (χ1) is 7.61. The Morgan fingerprint density at radius 2 is 2.19 bits per heavy atom. The summed E-state index contributed by atoms with van der Waals surface area (Å²) in [6.45, 7) is 4.96. The second kappa shape index (κ2) is 4.18. The summed E-state index contributed by atoms with van der Waals surface area (Å²) in [6.07, 6.45) is 2.15. The van der Waals surface area contributed by atoms with E-state index in [0.717, 1.165) is 12.3 Å². The van der Waals surface area contributed by atoms with Crippen LogP contribution in [0.25, 0.3) is 10.9 Å². The van der Waals surface area contributed by atoms with Crippen molar-refractivity contribution < 1.29 is 4.74 Å². The van der Waals surface area contributed by atoms with Crippen molar-refractivity contribution in [2.75, 3.05) is 7.11 Å². The Morgan fingerprint density at radius 1 is 1.44 bits per heavy atom. The van der Waals surface area contributed by atoms with Gasteiger partial charge in [0.25, 0.3) is 0 Å². The number of hydrogen-bond acceptors (Lipinski definition) is 2. The van der Waals surface area contributed by atoms with Crippen LogP contribution in [0.2, 0.25) is 0 Å². The zero-order valence-corrected chi connectivity index (χ0v) is 10.0. The first-order valence-electron chi connectivity index (χ1n) is 5.51. The van der Waals surface area contributed by atoms with E-state index < -0.39 is 0 Å². The summed E-state index contributed by atoms with van der Waals surface area (Å²) in [5.41, 5.74) is 8.31. The van der Waals surface area contributed by atoms with Crippen LogP contribution in [0, 0.1) is 6.92 Å². The average Bonchev–Trinajstić information content (AvgIpc) is 2.54. The van der Waals surface area contributed by atoms with Gasteiger partial charge in [0, 0.05) is 30.2 Å². The summed E-state index contributed by atoms with van der Waals surface area (Å²) in [4.78, 5) is 0. The Kier molecular flexibility index (Phi) is 2.88. The van der Waals surface area contributed by atoms with Gasteiger partial charge in [-0.1, -0.05) is 0 Å². The van der Waals surface area contributed by atoms with Crippen molar-refractivity contribution in [1.29, 1.82) is 0 Å². The van der Waals surface area contributed by atoms with E-state index in [4.69, 9.17) is 10.5 Å². The molecule has 1 aromatic heterocycles. The van der Waals surface area contributed by atoms with Crippen LogP contribution in [0.5, 0.6) is 5.75 Å². The summed E-state index contributed by atoms with van der Waals surface area (Å²) >= 11 is 0. The topological polar surface area (TPSA) is 40.2 Å². The maximum atomic E-state index is 5.84. The quantitative estimate of drug-likeness (QED) is 0.858. The molecule has 3 heteroatoms. The van der Waals surface area contributed by atoms with Gasteiger partial charge < -0.3 is 15.0 Å². The van der Waals surface area contributed by atoms with E-state index in [1.165, 1.54) is 16.5 Å². The van der Waals surface area contributed by atoms with Crippen LogP contribution in [0.1, 0.15) is 12.5 Å². The Hall–Kier alpha value is -1.48. The third-order valence-corrected chi connectivity index (χ3v) is 2.77. The van der Waals surface area contributed by atoms with E-state index in [9.17, 15) is 0 Å². The third-order valence-electron chi connectivity index (χ3n) is 2.77. The van der Waals surface area contributed by atoms with E-state index in [2.05, 4.69) is 29.8 Å². The zero-order chi connectivity index (χ0) is 11.7. The molecule has 0 aliphatic heterocycles. The van der Waals surface area contributed by atoms with Crippen molar-refractivity contribution in [3.8, 4) is 5.75 Å². The smallest absolute Gasteiger partial charge is 0.120 e. The van der Waals surface area contributed by atoms with Gasteiger partial charge in [0.1, 0.15) is 5.75 Å². The van der Waals surface area contributed by atoms with Gasteiger partial charge in [-0.2, -0.15) is 0 Å². The molecule has 16 heavy (non-hydrogen) atoms. The van der Waals surface area contributed by atoms with Crippen LogP contribution in [0.4, 0.5) is 0 Å².